The second-order valence-electron chi connectivity index (χ2n) is 14.1. The Bertz CT molecular complexity index is 2780. The summed E-state index contributed by atoms with van der Waals surface area (Å²) < 4.78 is 89.9. The van der Waals surface area contributed by atoms with Gasteiger partial charge in [0.15, 0.2) is 23.0 Å². The highest BCUT2D eigenvalue weighted by atomic mass is 32.2. The molecule has 0 heterocycles. The van der Waals surface area contributed by atoms with Gasteiger partial charge in [-0.2, -0.15) is 0 Å². The van der Waals surface area contributed by atoms with Crippen molar-refractivity contribution in [2.24, 2.45) is 0 Å². The van der Waals surface area contributed by atoms with Crippen molar-refractivity contribution >= 4 is 31.8 Å². The Morgan fingerprint density at radius 3 is 1.02 bits per heavy atom. The van der Waals surface area contributed by atoms with Crippen LogP contribution in [0.15, 0.2) is 189 Å². The van der Waals surface area contributed by atoms with Crippen molar-refractivity contribution in [2.45, 2.75) is 47.3 Å². The predicted molar refractivity (Wildman–Crippen MR) is 248 cm³/mol. The van der Waals surface area contributed by atoms with Crippen LogP contribution in [0.25, 0.3) is 12.2 Å². The number of sulfone groups is 2. The molecular weight excluding hydrogens is 849 g/mol. The van der Waals surface area contributed by atoms with Crippen molar-refractivity contribution in [3.05, 3.63) is 181 Å². The monoisotopic (exact) mass is 894 g/mol. The third-order valence-electron chi connectivity index (χ3n) is 9.52. The average molecular weight is 895 g/mol. The molecule has 0 aliphatic rings. The summed E-state index contributed by atoms with van der Waals surface area (Å²) in [4.78, 5) is 0.406. The van der Waals surface area contributed by atoms with Crippen LogP contribution in [0, 0.1) is 0 Å². The fourth-order valence-electron chi connectivity index (χ4n) is 6.50. The van der Waals surface area contributed by atoms with E-state index in [0.29, 0.717) is 70.7 Å². The summed E-state index contributed by atoms with van der Waals surface area (Å²) in [5.74, 6) is 4.84. The maximum absolute atomic E-state index is 13.5. The third kappa shape index (κ3) is 10.8. The smallest absolute Gasteiger partial charge is 0.206 e. The molecule has 0 aromatic heterocycles. The van der Waals surface area contributed by atoms with Crippen LogP contribution in [-0.2, 0) is 19.7 Å². The molecule has 0 saturated carbocycles. The zero-order valence-electron chi connectivity index (χ0n) is 35.6. The van der Waals surface area contributed by atoms with Crippen LogP contribution >= 0.6 is 0 Å². The van der Waals surface area contributed by atoms with Gasteiger partial charge in [-0.3, -0.25) is 0 Å². The first-order valence-corrected chi connectivity index (χ1v) is 23.5. The molecule has 10 nitrogen and oxygen atoms in total. The van der Waals surface area contributed by atoms with Crippen molar-refractivity contribution in [3.63, 3.8) is 0 Å². The Balaban J connectivity index is 0.965. The lowest BCUT2D eigenvalue weighted by Gasteiger charge is -2.13. The van der Waals surface area contributed by atoms with E-state index in [4.69, 9.17) is 28.4 Å². The van der Waals surface area contributed by atoms with Crippen LogP contribution < -0.4 is 28.4 Å². The molecule has 64 heavy (non-hydrogen) atoms. The average Bonchev–Trinajstić information content (AvgIpc) is 3.29. The number of benzene rings is 7. The molecule has 326 valence electrons. The Kier molecular flexibility index (Phi) is 14.2. The molecule has 0 aliphatic heterocycles. The maximum atomic E-state index is 13.5. The highest BCUT2D eigenvalue weighted by Gasteiger charge is 2.20. The lowest BCUT2D eigenvalue weighted by molar-refractivity contribution is 0.321. The molecule has 0 fully saturated rings. The van der Waals surface area contributed by atoms with Gasteiger partial charge in [0.05, 0.1) is 32.8 Å². The minimum atomic E-state index is -3.85. The van der Waals surface area contributed by atoms with Gasteiger partial charge in [0.25, 0.3) is 0 Å². The van der Waals surface area contributed by atoms with Crippen LogP contribution in [0.5, 0.6) is 57.5 Å². The number of ether oxygens (including phenoxy) is 6. The van der Waals surface area contributed by atoms with E-state index < -0.39 is 19.7 Å². The summed E-state index contributed by atoms with van der Waals surface area (Å²) in [5, 5.41) is 0. The molecule has 0 unspecified atom stereocenters. The zero-order valence-corrected chi connectivity index (χ0v) is 37.3. The number of allylic oxidation sites excluding steroid dienone is 2. The standard InChI is InChI=1S/C52H46O10S2/c1-5-10-37-14-32-49(57-7-3)51(34-37)61-41-20-28-47(29-21-41)63(53,54)45-24-16-39(17-25-45)59-43-12-9-13-44(36-43)60-40-18-26-46(27-19-40)64(55,56)48-30-22-42(23-31-48)62-52-35-38(11-6-2)15-33-50(52)58-8-4/h5-6,9-36H,7-8H2,1-4H3/b10-5+,11-6+. The molecule has 7 rings (SSSR count). The van der Waals surface area contributed by atoms with Gasteiger partial charge >= 0.3 is 0 Å². The summed E-state index contributed by atoms with van der Waals surface area (Å²) in [6, 6.07) is 42.9. The van der Waals surface area contributed by atoms with Crippen LogP contribution in [0.4, 0.5) is 0 Å². The van der Waals surface area contributed by atoms with E-state index in [0.717, 1.165) is 11.1 Å². The maximum Gasteiger partial charge on any atom is 0.206 e. The Hall–Kier alpha value is -7.28. The quantitative estimate of drug-likeness (QED) is 0.0822. The predicted octanol–water partition coefficient (Wildman–Crippen LogP) is 13.4. The zero-order chi connectivity index (χ0) is 45.1. The van der Waals surface area contributed by atoms with Gasteiger partial charge in [-0.1, -0.05) is 42.5 Å². The van der Waals surface area contributed by atoms with Gasteiger partial charge in [-0.25, -0.2) is 16.8 Å². The summed E-state index contributed by atoms with van der Waals surface area (Å²) in [6.07, 6.45) is 7.76. The van der Waals surface area contributed by atoms with Crippen molar-refractivity contribution in [3.8, 4) is 57.5 Å². The van der Waals surface area contributed by atoms with Crippen molar-refractivity contribution in [2.75, 3.05) is 13.2 Å². The molecule has 7 aromatic carbocycles. The molecule has 7 aromatic rings. The van der Waals surface area contributed by atoms with Crippen LogP contribution in [0.2, 0.25) is 0 Å². The van der Waals surface area contributed by atoms with Gasteiger partial charge < -0.3 is 28.4 Å². The normalized spacial score (nSPS) is 11.7. The van der Waals surface area contributed by atoms with E-state index >= 15 is 0 Å². The molecule has 0 N–H and O–H groups in total. The van der Waals surface area contributed by atoms with E-state index in [1.165, 1.54) is 48.5 Å². The molecule has 0 atom stereocenters. The number of hydrogen-bond donors (Lipinski definition) is 0. The van der Waals surface area contributed by atoms with Gasteiger partial charge in [0, 0.05) is 6.07 Å². The molecule has 0 bridgehead atoms. The minimum absolute atomic E-state index is 0.0955. The Morgan fingerprint density at radius 2 is 0.703 bits per heavy atom. The first-order chi connectivity index (χ1) is 31.0. The fraction of sp³-hybridized carbons (Fsp3) is 0.115. The first-order valence-electron chi connectivity index (χ1n) is 20.5. The van der Waals surface area contributed by atoms with Gasteiger partial charge in [0.1, 0.15) is 34.5 Å². The van der Waals surface area contributed by atoms with Crippen LogP contribution in [-0.4, -0.2) is 30.0 Å². The lowest BCUT2D eigenvalue weighted by Crippen LogP contribution is -2.02. The molecule has 12 heteroatoms. The summed E-state index contributed by atoms with van der Waals surface area (Å²) in [7, 11) is -7.70. The summed E-state index contributed by atoms with van der Waals surface area (Å²) in [6.45, 7) is 8.58. The van der Waals surface area contributed by atoms with E-state index in [2.05, 4.69) is 0 Å². The van der Waals surface area contributed by atoms with Crippen molar-refractivity contribution < 1.29 is 45.3 Å². The number of rotatable bonds is 18. The van der Waals surface area contributed by atoms with Gasteiger partial charge in [0.2, 0.25) is 19.7 Å². The highest BCUT2D eigenvalue weighted by molar-refractivity contribution is 7.91. The molecule has 0 spiro atoms. The van der Waals surface area contributed by atoms with E-state index in [9.17, 15) is 16.8 Å². The minimum Gasteiger partial charge on any atom is -0.490 e. The molecule has 0 aliphatic carbocycles. The van der Waals surface area contributed by atoms with E-state index in [-0.39, 0.29) is 19.6 Å². The Labute approximate surface area is 374 Å². The molecular formula is C52H46O10S2. The van der Waals surface area contributed by atoms with E-state index in [1.807, 2.05) is 88.4 Å². The topological polar surface area (TPSA) is 124 Å². The number of hydrogen-bond acceptors (Lipinski definition) is 10. The van der Waals surface area contributed by atoms with Crippen molar-refractivity contribution in [1.82, 2.24) is 0 Å². The Morgan fingerprint density at radius 1 is 0.375 bits per heavy atom. The largest absolute Gasteiger partial charge is 0.490 e. The van der Waals surface area contributed by atoms with Crippen LogP contribution in [0.3, 0.4) is 0 Å². The van der Waals surface area contributed by atoms with Crippen LogP contribution in [0.1, 0.15) is 38.8 Å². The highest BCUT2D eigenvalue weighted by Crippen LogP contribution is 2.37. The molecule has 0 saturated heterocycles. The lowest BCUT2D eigenvalue weighted by atomic mass is 10.2. The SMILES string of the molecule is C/C=C/c1ccc(OCC)c(Oc2ccc(S(=O)(=O)c3ccc(Oc4cccc(Oc5ccc(S(=O)(=O)c6ccc(Oc7cc(/C=C/C)ccc7OCC)cc6)cc5)c4)cc3)cc2)c1. The van der Waals surface area contributed by atoms with Gasteiger partial charge in [-0.05, 0) is 172 Å². The summed E-state index contributed by atoms with van der Waals surface area (Å²) in [5.41, 5.74) is 1.89. The van der Waals surface area contributed by atoms with Crippen molar-refractivity contribution in [1.29, 1.82) is 0 Å². The second-order valence-corrected chi connectivity index (χ2v) is 18.0. The molecule has 0 radical (unpaired) electrons. The van der Waals surface area contributed by atoms with E-state index in [1.54, 1.807) is 72.8 Å². The first kappa shape index (κ1) is 44.8. The van der Waals surface area contributed by atoms with Gasteiger partial charge in [-0.15, -0.1) is 0 Å². The molecule has 0 amide bonds. The second kappa shape index (κ2) is 20.3. The third-order valence-corrected chi connectivity index (χ3v) is 13.1. The summed E-state index contributed by atoms with van der Waals surface area (Å²) >= 11 is 0. The fourth-order valence-corrected chi connectivity index (χ4v) is 9.02.